The predicted octanol–water partition coefficient (Wildman–Crippen LogP) is 4.22. The van der Waals surface area contributed by atoms with E-state index in [1.54, 1.807) is 7.11 Å². The largest absolute Gasteiger partial charge is 0.496 e. The molecule has 2 N–H and O–H groups in total. The number of hydrogen-bond donors (Lipinski definition) is 2. The van der Waals surface area contributed by atoms with Gasteiger partial charge in [-0.3, -0.25) is 4.79 Å². The van der Waals surface area contributed by atoms with E-state index >= 15 is 0 Å². The van der Waals surface area contributed by atoms with Crippen molar-refractivity contribution in [1.29, 1.82) is 0 Å². The van der Waals surface area contributed by atoms with Gasteiger partial charge in [-0.25, -0.2) is 0 Å². The van der Waals surface area contributed by atoms with E-state index in [9.17, 15) is 9.90 Å². The van der Waals surface area contributed by atoms with Crippen LogP contribution in [0.4, 0.5) is 0 Å². The van der Waals surface area contributed by atoms with Crippen LogP contribution in [-0.2, 0) is 11.3 Å². The molecule has 0 saturated heterocycles. The number of methoxy groups -OCH3 is 1. The summed E-state index contributed by atoms with van der Waals surface area (Å²) in [4.78, 5) is 11.5. The van der Waals surface area contributed by atoms with Crippen molar-refractivity contribution in [2.75, 3.05) is 7.11 Å². The van der Waals surface area contributed by atoms with Crippen molar-refractivity contribution >= 4 is 16.7 Å². The molecular formula is C20H27NO3. The predicted molar refractivity (Wildman–Crippen MR) is 97.5 cm³/mol. The third kappa shape index (κ3) is 4.71. The molecule has 24 heavy (non-hydrogen) atoms. The normalized spacial score (nSPS) is 13.0. The Balaban J connectivity index is 2.15. The van der Waals surface area contributed by atoms with Crippen LogP contribution >= 0.6 is 0 Å². The molecule has 0 fully saturated rings. The zero-order valence-corrected chi connectivity index (χ0v) is 14.9. The van der Waals surface area contributed by atoms with Gasteiger partial charge < -0.3 is 15.2 Å². The highest BCUT2D eigenvalue weighted by atomic mass is 16.5. The minimum atomic E-state index is -0.794. The van der Waals surface area contributed by atoms with Crippen molar-refractivity contribution in [3.8, 4) is 5.75 Å². The van der Waals surface area contributed by atoms with Crippen LogP contribution in [0.25, 0.3) is 10.8 Å². The molecule has 130 valence electrons. The van der Waals surface area contributed by atoms with Gasteiger partial charge in [0.2, 0.25) is 0 Å². The van der Waals surface area contributed by atoms with E-state index in [2.05, 4.69) is 26.1 Å². The SMILES string of the molecule is COc1ccc(CNC(CCC(C)(C)C)C(=O)O)c2ccccc12. The quantitative estimate of drug-likeness (QED) is 0.798. The van der Waals surface area contributed by atoms with Crippen LogP contribution in [0.1, 0.15) is 39.2 Å². The van der Waals surface area contributed by atoms with Gasteiger partial charge in [-0.1, -0.05) is 51.1 Å². The molecule has 0 aliphatic rings. The van der Waals surface area contributed by atoms with Gasteiger partial charge in [0.1, 0.15) is 11.8 Å². The summed E-state index contributed by atoms with van der Waals surface area (Å²) in [6.45, 7) is 6.90. The second-order valence-corrected chi connectivity index (χ2v) is 7.34. The summed E-state index contributed by atoms with van der Waals surface area (Å²) in [7, 11) is 1.66. The molecule has 0 aromatic heterocycles. The first-order chi connectivity index (χ1) is 11.3. The Morgan fingerprint density at radius 3 is 2.42 bits per heavy atom. The summed E-state index contributed by atoms with van der Waals surface area (Å²) in [5.41, 5.74) is 1.20. The van der Waals surface area contributed by atoms with Gasteiger partial charge in [0.15, 0.2) is 0 Å². The number of fused-ring (bicyclic) bond motifs is 1. The lowest BCUT2D eigenvalue weighted by Crippen LogP contribution is -2.37. The highest BCUT2D eigenvalue weighted by Crippen LogP contribution is 2.28. The van der Waals surface area contributed by atoms with Crippen molar-refractivity contribution < 1.29 is 14.6 Å². The fraction of sp³-hybridized carbons (Fsp3) is 0.450. The van der Waals surface area contributed by atoms with E-state index in [0.29, 0.717) is 13.0 Å². The first kappa shape index (κ1) is 18.3. The van der Waals surface area contributed by atoms with E-state index in [-0.39, 0.29) is 5.41 Å². The molecule has 0 aliphatic heterocycles. The minimum absolute atomic E-state index is 0.127. The van der Waals surface area contributed by atoms with Crippen LogP contribution in [0.3, 0.4) is 0 Å². The van der Waals surface area contributed by atoms with Crippen LogP contribution < -0.4 is 10.1 Å². The van der Waals surface area contributed by atoms with Crippen molar-refractivity contribution in [2.24, 2.45) is 5.41 Å². The summed E-state index contributed by atoms with van der Waals surface area (Å²) >= 11 is 0. The minimum Gasteiger partial charge on any atom is -0.496 e. The topological polar surface area (TPSA) is 58.6 Å². The van der Waals surface area contributed by atoms with E-state index in [0.717, 1.165) is 28.5 Å². The fourth-order valence-corrected chi connectivity index (χ4v) is 2.79. The number of aliphatic carboxylic acids is 1. The number of nitrogens with one attached hydrogen (secondary N) is 1. The summed E-state index contributed by atoms with van der Waals surface area (Å²) < 4.78 is 5.41. The number of carboxylic acid groups (broad SMARTS) is 1. The Morgan fingerprint density at radius 2 is 1.83 bits per heavy atom. The molecule has 0 saturated carbocycles. The maximum Gasteiger partial charge on any atom is 0.320 e. The summed E-state index contributed by atoms with van der Waals surface area (Å²) in [6.07, 6.45) is 1.48. The summed E-state index contributed by atoms with van der Waals surface area (Å²) in [5, 5.41) is 14.8. The van der Waals surface area contributed by atoms with Crippen molar-refractivity contribution in [3.05, 3.63) is 42.0 Å². The van der Waals surface area contributed by atoms with Gasteiger partial charge in [-0.2, -0.15) is 0 Å². The molecule has 0 aliphatic carbocycles. The highest BCUT2D eigenvalue weighted by Gasteiger charge is 2.20. The molecule has 2 aromatic carbocycles. The van der Waals surface area contributed by atoms with E-state index < -0.39 is 12.0 Å². The molecular weight excluding hydrogens is 302 g/mol. The number of hydrogen-bond acceptors (Lipinski definition) is 3. The molecule has 0 spiro atoms. The van der Waals surface area contributed by atoms with Gasteiger partial charge in [0, 0.05) is 11.9 Å². The Kier molecular flexibility index (Phi) is 5.84. The van der Waals surface area contributed by atoms with Crippen molar-refractivity contribution in [2.45, 2.75) is 46.2 Å². The first-order valence-electron chi connectivity index (χ1n) is 8.32. The van der Waals surface area contributed by atoms with Gasteiger partial charge >= 0.3 is 5.97 Å². The third-order valence-corrected chi connectivity index (χ3v) is 4.21. The third-order valence-electron chi connectivity index (χ3n) is 4.21. The molecule has 0 radical (unpaired) electrons. The fourth-order valence-electron chi connectivity index (χ4n) is 2.79. The average molecular weight is 329 g/mol. The number of ether oxygens (including phenoxy) is 1. The Hall–Kier alpha value is -2.07. The zero-order chi connectivity index (χ0) is 17.7. The van der Waals surface area contributed by atoms with Crippen LogP contribution in [0.15, 0.2) is 36.4 Å². The van der Waals surface area contributed by atoms with Gasteiger partial charge in [0.25, 0.3) is 0 Å². The van der Waals surface area contributed by atoms with Crippen LogP contribution in [0, 0.1) is 5.41 Å². The summed E-state index contributed by atoms with van der Waals surface area (Å²) in [5.74, 6) is 0.0361. The molecule has 0 heterocycles. The molecule has 2 aromatic rings. The van der Waals surface area contributed by atoms with Gasteiger partial charge in [-0.05, 0) is 35.3 Å². The molecule has 4 nitrogen and oxygen atoms in total. The molecule has 0 bridgehead atoms. The Bertz CT molecular complexity index is 704. The van der Waals surface area contributed by atoms with Crippen LogP contribution in [-0.4, -0.2) is 24.2 Å². The Morgan fingerprint density at radius 1 is 1.17 bits per heavy atom. The standard InChI is InChI=1S/C20H27NO3/c1-20(2,3)12-11-17(19(22)23)21-13-14-9-10-18(24-4)16-8-6-5-7-15(14)16/h5-10,17,21H,11-13H2,1-4H3,(H,22,23). The van der Waals surface area contributed by atoms with Crippen molar-refractivity contribution in [1.82, 2.24) is 5.32 Å². The number of rotatable bonds is 7. The highest BCUT2D eigenvalue weighted by molar-refractivity contribution is 5.91. The van der Waals surface area contributed by atoms with Gasteiger partial charge in [0.05, 0.1) is 7.11 Å². The average Bonchev–Trinajstić information content (AvgIpc) is 2.53. The Labute approximate surface area is 143 Å². The number of carboxylic acids is 1. The van der Waals surface area contributed by atoms with E-state index in [1.165, 1.54) is 0 Å². The second kappa shape index (κ2) is 7.67. The maximum atomic E-state index is 11.5. The zero-order valence-electron chi connectivity index (χ0n) is 14.9. The maximum absolute atomic E-state index is 11.5. The second-order valence-electron chi connectivity index (χ2n) is 7.34. The smallest absolute Gasteiger partial charge is 0.320 e. The molecule has 2 rings (SSSR count). The monoisotopic (exact) mass is 329 g/mol. The lowest BCUT2D eigenvalue weighted by atomic mass is 9.88. The van der Waals surface area contributed by atoms with E-state index in [4.69, 9.17) is 4.74 Å². The lowest BCUT2D eigenvalue weighted by Gasteiger charge is -2.22. The van der Waals surface area contributed by atoms with Gasteiger partial charge in [-0.15, -0.1) is 0 Å². The van der Waals surface area contributed by atoms with E-state index in [1.807, 2.05) is 36.4 Å². The molecule has 0 amide bonds. The van der Waals surface area contributed by atoms with Crippen LogP contribution in [0.5, 0.6) is 5.75 Å². The number of carbonyl (C=O) groups is 1. The first-order valence-corrected chi connectivity index (χ1v) is 8.32. The molecule has 4 heteroatoms. The number of benzene rings is 2. The molecule has 1 atom stereocenters. The van der Waals surface area contributed by atoms with Crippen molar-refractivity contribution in [3.63, 3.8) is 0 Å². The lowest BCUT2D eigenvalue weighted by molar-refractivity contribution is -0.139. The molecule has 1 unspecified atom stereocenters. The summed E-state index contributed by atoms with van der Waals surface area (Å²) in [6, 6.07) is 11.4. The van der Waals surface area contributed by atoms with Crippen LogP contribution in [0.2, 0.25) is 0 Å².